The molecule has 1 heterocycles. The highest BCUT2D eigenvalue weighted by atomic mass is 16.3. The highest BCUT2D eigenvalue weighted by Gasteiger charge is 2.17. The summed E-state index contributed by atoms with van der Waals surface area (Å²) in [6.45, 7) is 9.45. The summed E-state index contributed by atoms with van der Waals surface area (Å²) in [5.41, 5.74) is 0.131. The van der Waals surface area contributed by atoms with E-state index >= 15 is 0 Å². The summed E-state index contributed by atoms with van der Waals surface area (Å²) in [6.07, 6.45) is 5.65. The Bertz CT molecular complexity index is 399. The molecule has 20 heavy (non-hydrogen) atoms. The van der Waals surface area contributed by atoms with Crippen molar-refractivity contribution in [1.82, 2.24) is 10.2 Å². The Morgan fingerprint density at radius 1 is 1.20 bits per heavy atom. The lowest BCUT2D eigenvalue weighted by molar-refractivity contribution is 0.247. The first-order chi connectivity index (χ1) is 9.42. The van der Waals surface area contributed by atoms with Crippen LogP contribution in [0.1, 0.15) is 58.0 Å². The van der Waals surface area contributed by atoms with Crippen LogP contribution in [0.25, 0.3) is 0 Å². The van der Waals surface area contributed by atoms with Gasteiger partial charge in [-0.25, -0.2) is 0 Å². The second-order valence-electron chi connectivity index (χ2n) is 7.32. The van der Waals surface area contributed by atoms with Crippen LogP contribution >= 0.6 is 0 Å². The molecule has 0 aromatic carbocycles. The van der Waals surface area contributed by atoms with Crippen molar-refractivity contribution < 1.29 is 4.42 Å². The predicted molar refractivity (Wildman–Crippen MR) is 83.6 cm³/mol. The molecule has 1 aromatic rings. The zero-order valence-electron chi connectivity index (χ0n) is 13.5. The number of nitrogens with one attached hydrogen (secondary N) is 1. The number of hydrogen-bond acceptors (Lipinski definition) is 3. The Labute approximate surface area is 123 Å². The fraction of sp³-hybridized carbons (Fsp3) is 0.765. The molecule has 1 N–H and O–H groups in total. The van der Waals surface area contributed by atoms with Gasteiger partial charge in [0.25, 0.3) is 0 Å². The summed E-state index contributed by atoms with van der Waals surface area (Å²) >= 11 is 0. The maximum absolute atomic E-state index is 5.91. The summed E-state index contributed by atoms with van der Waals surface area (Å²) in [5.74, 6) is 3.01. The van der Waals surface area contributed by atoms with Crippen LogP contribution in [0.5, 0.6) is 0 Å². The largest absolute Gasteiger partial charge is 0.463 e. The second-order valence-corrected chi connectivity index (χ2v) is 7.32. The monoisotopic (exact) mass is 278 g/mol. The van der Waals surface area contributed by atoms with Crippen molar-refractivity contribution in [2.45, 2.75) is 65.1 Å². The molecule has 0 radical (unpaired) electrons. The maximum Gasteiger partial charge on any atom is 0.118 e. The van der Waals surface area contributed by atoms with Gasteiger partial charge in [-0.2, -0.15) is 0 Å². The van der Waals surface area contributed by atoms with Crippen LogP contribution < -0.4 is 5.32 Å². The van der Waals surface area contributed by atoms with E-state index in [1.54, 1.807) is 0 Å². The molecule has 1 aromatic heterocycles. The van der Waals surface area contributed by atoms with Gasteiger partial charge in [-0.05, 0) is 58.7 Å². The zero-order valence-corrected chi connectivity index (χ0v) is 13.5. The average Bonchev–Trinajstić information content (AvgIpc) is 2.97. The smallest absolute Gasteiger partial charge is 0.118 e. The number of furan rings is 1. The maximum atomic E-state index is 5.91. The molecule has 0 unspecified atom stereocenters. The summed E-state index contributed by atoms with van der Waals surface area (Å²) in [5, 5.41) is 3.46. The molecule has 1 aliphatic carbocycles. The normalized spacial score (nSPS) is 17.2. The van der Waals surface area contributed by atoms with Crippen LogP contribution in [-0.4, -0.2) is 24.0 Å². The molecule has 0 saturated heterocycles. The minimum absolute atomic E-state index is 0.131. The van der Waals surface area contributed by atoms with E-state index in [0.717, 1.165) is 30.5 Å². The van der Waals surface area contributed by atoms with Gasteiger partial charge in [0, 0.05) is 12.1 Å². The van der Waals surface area contributed by atoms with Crippen molar-refractivity contribution in [3.8, 4) is 0 Å². The van der Waals surface area contributed by atoms with E-state index in [9.17, 15) is 0 Å². The first-order valence-corrected chi connectivity index (χ1v) is 7.93. The van der Waals surface area contributed by atoms with Gasteiger partial charge in [-0.1, -0.05) is 12.8 Å². The van der Waals surface area contributed by atoms with Crippen molar-refractivity contribution in [3.05, 3.63) is 23.7 Å². The van der Waals surface area contributed by atoms with Gasteiger partial charge >= 0.3 is 0 Å². The number of hydrogen-bond donors (Lipinski definition) is 1. The van der Waals surface area contributed by atoms with Crippen LogP contribution in [0.4, 0.5) is 0 Å². The number of nitrogens with zero attached hydrogens (tertiary/aromatic N) is 1. The van der Waals surface area contributed by atoms with Crippen molar-refractivity contribution >= 4 is 0 Å². The Morgan fingerprint density at radius 3 is 2.50 bits per heavy atom. The molecule has 0 aliphatic heterocycles. The van der Waals surface area contributed by atoms with Crippen molar-refractivity contribution in [2.24, 2.45) is 5.92 Å². The van der Waals surface area contributed by atoms with Gasteiger partial charge in [0.05, 0.1) is 13.1 Å². The van der Waals surface area contributed by atoms with Crippen molar-refractivity contribution in [3.63, 3.8) is 0 Å². The topological polar surface area (TPSA) is 28.4 Å². The fourth-order valence-corrected chi connectivity index (χ4v) is 2.92. The van der Waals surface area contributed by atoms with E-state index in [0.29, 0.717) is 0 Å². The van der Waals surface area contributed by atoms with Crippen LogP contribution in [0.3, 0.4) is 0 Å². The Morgan fingerprint density at radius 2 is 1.85 bits per heavy atom. The molecule has 3 heteroatoms. The summed E-state index contributed by atoms with van der Waals surface area (Å²) in [7, 11) is 2.20. The molecule has 0 atom stereocenters. The highest BCUT2D eigenvalue weighted by Crippen LogP contribution is 2.25. The lowest BCUT2D eigenvalue weighted by Gasteiger charge is -2.20. The minimum Gasteiger partial charge on any atom is -0.463 e. The lowest BCUT2D eigenvalue weighted by atomic mass is 10.1. The summed E-state index contributed by atoms with van der Waals surface area (Å²) in [6, 6.07) is 4.21. The highest BCUT2D eigenvalue weighted by molar-refractivity contribution is 5.07. The van der Waals surface area contributed by atoms with Gasteiger partial charge in [-0.3, -0.25) is 4.90 Å². The van der Waals surface area contributed by atoms with Crippen LogP contribution in [-0.2, 0) is 13.1 Å². The van der Waals surface area contributed by atoms with E-state index in [2.05, 4.69) is 50.2 Å². The zero-order chi connectivity index (χ0) is 14.6. The summed E-state index contributed by atoms with van der Waals surface area (Å²) < 4.78 is 5.91. The molecule has 0 bridgehead atoms. The molecular weight excluding hydrogens is 248 g/mol. The molecule has 1 saturated carbocycles. The molecule has 0 amide bonds. The van der Waals surface area contributed by atoms with E-state index in [1.807, 2.05) is 0 Å². The third-order valence-electron chi connectivity index (χ3n) is 3.98. The lowest BCUT2D eigenvalue weighted by Crippen LogP contribution is -2.34. The van der Waals surface area contributed by atoms with Gasteiger partial charge in [0.2, 0.25) is 0 Å². The van der Waals surface area contributed by atoms with Gasteiger partial charge in [-0.15, -0.1) is 0 Å². The van der Waals surface area contributed by atoms with Gasteiger partial charge < -0.3 is 9.73 Å². The van der Waals surface area contributed by atoms with E-state index in [-0.39, 0.29) is 5.54 Å². The first kappa shape index (κ1) is 15.6. The Balaban J connectivity index is 1.76. The third kappa shape index (κ3) is 5.29. The average molecular weight is 278 g/mol. The molecule has 0 spiro atoms. The summed E-state index contributed by atoms with van der Waals surface area (Å²) in [4.78, 5) is 2.40. The molecule has 114 valence electrons. The van der Waals surface area contributed by atoms with Crippen molar-refractivity contribution in [1.29, 1.82) is 0 Å². The SMILES string of the molecule is CN(Cc1ccc(CNC(C)(C)C)o1)CC1CCCC1. The quantitative estimate of drug-likeness (QED) is 0.858. The second kappa shape index (κ2) is 6.77. The van der Waals surface area contributed by atoms with E-state index in [1.165, 1.54) is 32.2 Å². The van der Waals surface area contributed by atoms with Crippen LogP contribution in [0, 0.1) is 5.92 Å². The molecule has 1 fully saturated rings. The fourth-order valence-electron chi connectivity index (χ4n) is 2.92. The van der Waals surface area contributed by atoms with Gasteiger partial charge in [0.15, 0.2) is 0 Å². The molecule has 3 nitrogen and oxygen atoms in total. The first-order valence-electron chi connectivity index (χ1n) is 7.93. The minimum atomic E-state index is 0.131. The molecular formula is C17H30N2O. The van der Waals surface area contributed by atoms with Crippen LogP contribution in [0.2, 0.25) is 0 Å². The van der Waals surface area contributed by atoms with Gasteiger partial charge in [0.1, 0.15) is 11.5 Å². The van der Waals surface area contributed by atoms with E-state index in [4.69, 9.17) is 4.42 Å². The van der Waals surface area contributed by atoms with E-state index < -0.39 is 0 Å². The standard InChI is InChI=1S/C17H30N2O/c1-17(2,3)18-11-15-9-10-16(20-15)13-19(4)12-14-7-5-6-8-14/h9-10,14,18H,5-8,11-13H2,1-4H3. The van der Waals surface area contributed by atoms with Crippen LogP contribution in [0.15, 0.2) is 16.5 Å². The molecule has 1 aliphatic rings. The predicted octanol–water partition coefficient (Wildman–Crippen LogP) is 3.79. The van der Waals surface area contributed by atoms with Crippen molar-refractivity contribution in [2.75, 3.05) is 13.6 Å². The third-order valence-corrected chi connectivity index (χ3v) is 3.98. The Hall–Kier alpha value is -0.800. The molecule has 2 rings (SSSR count). The number of rotatable bonds is 6. The Kier molecular flexibility index (Phi) is 5.28.